The first-order chi connectivity index (χ1) is 10.7. The van der Waals surface area contributed by atoms with E-state index in [1.165, 1.54) is 25.9 Å². The summed E-state index contributed by atoms with van der Waals surface area (Å²) < 4.78 is 25.2. The lowest BCUT2D eigenvalue weighted by atomic mass is 9.98. The summed E-state index contributed by atoms with van der Waals surface area (Å²) >= 11 is 0. The highest BCUT2D eigenvalue weighted by atomic mass is 19.3. The SMILES string of the molecule is CC.CC(C)N1CCC(F)(F)CC1.CC1CCN(C(C)C)CC1. The molecule has 2 aliphatic heterocycles. The van der Waals surface area contributed by atoms with Crippen LogP contribution < -0.4 is 0 Å². The molecular formula is C19H40F2N2. The van der Waals surface area contributed by atoms with Crippen LogP contribution in [0.15, 0.2) is 0 Å². The second-order valence-corrected chi connectivity index (χ2v) is 7.30. The van der Waals surface area contributed by atoms with Gasteiger partial charge in [0.1, 0.15) is 0 Å². The fraction of sp³-hybridized carbons (Fsp3) is 1.00. The van der Waals surface area contributed by atoms with Crippen LogP contribution in [0.3, 0.4) is 0 Å². The molecule has 0 aromatic carbocycles. The Kier molecular flexibility index (Phi) is 11.2. The molecule has 0 saturated carbocycles. The number of halogens is 2. The highest BCUT2D eigenvalue weighted by molar-refractivity contribution is 4.78. The molecular weight excluding hydrogens is 294 g/mol. The Bertz CT molecular complexity index is 275. The molecule has 0 N–H and O–H groups in total. The molecule has 0 bridgehead atoms. The Morgan fingerprint density at radius 1 is 0.783 bits per heavy atom. The number of likely N-dealkylation sites (tertiary alicyclic amines) is 2. The molecule has 2 saturated heterocycles. The van der Waals surface area contributed by atoms with Crippen LogP contribution in [-0.4, -0.2) is 54.0 Å². The van der Waals surface area contributed by atoms with Crippen molar-refractivity contribution in [3.8, 4) is 0 Å². The molecule has 0 amide bonds. The Hall–Kier alpha value is -0.220. The van der Waals surface area contributed by atoms with Crippen molar-refractivity contribution < 1.29 is 8.78 Å². The fourth-order valence-corrected chi connectivity index (χ4v) is 2.91. The van der Waals surface area contributed by atoms with Crippen molar-refractivity contribution in [2.24, 2.45) is 5.92 Å². The molecule has 0 spiro atoms. The maximum Gasteiger partial charge on any atom is 0.250 e. The van der Waals surface area contributed by atoms with Crippen molar-refractivity contribution in [1.29, 1.82) is 0 Å². The molecule has 0 atom stereocenters. The fourth-order valence-electron chi connectivity index (χ4n) is 2.91. The third-order valence-corrected chi connectivity index (χ3v) is 4.81. The van der Waals surface area contributed by atoms with E-state index in [-0.39, 0.29) is 12.8 Å². The van der Waals surface area contributed by atoms with Gasteiger partial charge in [0.2, 0.25) is 0 Å². The van der Waals surface area contributed by atoms with Crippen molar-refractivity contribution >= 4 is 0 Å². The van der Waals surface area contributed by atoms with Crippen molar-refractivity contribution in [2.45, 2.75) is 92.2 Å². The van der Waals surface area contributed by atoms with Gasteiger partial charge in [-0.15, -0.1) is 0 Å². The maximum absolute atomic E-state index is 12.6. The lowest BCUT2D eigenvalue weighted by molar-refractivity contribution is -0.0603. The zero-order valence-corrected chi connectivity index (χ0v) is 16.5. The Labute approximate surface area is 143 Å². The summed E-state index contributed by atoms with van der Waals surface area (Å²) in [5.41, 5.74) is 0. The van der Waals surface area contributed by atoms with Gasteiger partial charge in [-0.25, -0.2) is 8.78 Å². The van der Waals surface area contributed by atoms with Gasteiger partial charge in [0, 0.05) is 38.0 Å². The lowest BCUT2D eigenvalue weighted by Gasteiger charge is -2.34. The first-order valence-electron chi connectivity index (χ1n) is 9.57. The quantitative estimate of drug-likeness (QED) is 0.678. The molecule has 2 heterocycles. The van der Waals surface area contributed by atoms with E-state index in [1.54, 1.807) is 0 Å². The van der Waals surface area contributed by atoms with Gasteiger partial charge in [-0.3, -0.25) is 0 Å². The second-order valence-electron chi connectivity index (χ2n) is 7.30. The van der Waals surface area contributed by atoms with Crippen LogP contribution in [0.4, 0.5) is 8.78 Å². The number of hydrogen-bond acceptors (Lipinski definition) is 2. The van der Waals surface area contributed by atoms with Gasteiger partial charge >= 0.3 is 0 Å². The molecule has 2 fully saturated rings. The maximum atomic E-state index is 12.6. The first kappa shape index (κ1) is 22.8. The molecule has 0 aromatic heterocycles. The third-order valence-electron chi connectivity index (χ3n) is 4.81. The Balaban J connectivity index is 0.000000381. The van der Waals surface area contributed by atoms with Crippen molar-refractivity contribution in [2.75, 3.05) is 26.2 Å². The van der Waals surface area contributed by atoms with Crippen molar-refractivity contribution in [3.63, 3.8) is 0 Å². The molecule has 0 aromatic rings. The Morgan fingerprint density at radius 3 is 1.48 bits per heavy atom. The van der Waals surface area contributed by atoms with Crippen molar-refractivity contribution in [3.05, 3.63) is 0 Å². The molecule has 2 nitrogen and oxygen atoms in total. The van der Waals surface area contributed by atoms with Gasteiger partial charge in [-0.1, -0.05) is 20.8 Å². The summed E-state index contributed by atoms with van der Waals surface area (Å²) in [7, 11) is 0. The number of piperidine rings is 2. The molecule has 23 heavy (non-hydrogen) atoms. The summed E-state index contributed by atoms with van der Waals surface area (Å²) in [5.74, 6) is -1.43. The predicted octanol–water partition coefficient (Wildman–Crippen LogP) is 5.28. The van der Waals surface area contributed by atoms with E-state index >= 15 is 0 Å². The summed E-state index contributed by atoms with van der Waals surface area (Å²) in [6.07, 6.45) is 2.87. The monoisotopic (exact) mass is 334 g/mol. The molecule has 0 aliphatic carbocycles. The predicted molar refractivity (Wildman–Crippen MR) is 97.3 cm³/mol. The van der Waals surface area contributed by atoms with Crippen LogP contribution in [-0.2, 0) is 0 Å². The van der Waals surface area contributed by atoms with Gasteiger partial charge in [0.25, 0.3) is 5.92 Å². The van der Waals surface area contributed by atoms with Gasteiger partial charge in [-0.2, -0.15) is 0 Å². The van der Waals surface area contributed by atoms with Gasteiger partial charge in [0.05, 0.1) is 0 Å². The third kappa shape index (κ3) is 9.61. The summed E-state index contributed by atoms with van der Waals surface area (Å²) in [4.78, 5) is 4.66. The van der Waals surface area contributed by atoms with E-state index in [2.05, 4.69) is 30.6 Å². The van der Waals surface area contributed by atoms with Gasteiger partial charge in [-0.05, 0) is 59.5 Å². The van der Waals surface area contributed by atoms with Crippen molar-refractivity contribution in [1.82, 2.24) is 9.80 Å². The van der Waals surface area contributed by atoms with Crippen LogP contribution in [0, 0.1) is 5.92 Å². The number of alkyl halides is 2. The van der Waals surface area contributed by atoms with E-state index in [0.29, 0.717) is 19.1 Å². The number of hydrogen-bond donors (Lipinski definition) is 0. The molecule has 140 valence electrons. The van der Waals surface area contributed by atoms with E-state index in [4.69, 9.17) is 0 Å². The van der Waals surface area contributed by atoms with E-state index in [1.807, 2.05) is 27.7 Å². The summed E-state index contributed by atoms with van der Waals surface area (Å²) in [6, 6.07) is 1.17. The van der Waals surface area contributed by atoms with E-state index in [9.17, 15) is 8.78 Å². The second kappa shape index (κ2) is 11.4. The topological polar surface area (TPSA) is 6.48 Å². The van der Waals surface area contributed by atoms with Crippen LogP contribution in [0.1, 0.15) is 74.1 Å². The standard InChI is InChI=1S/C9H19N.C8H15F2N.C2H6/c1-8(2)10-6-4-9(3)5-7-10;1-7(2)11-5-3-8(9,10)4-6-11;1-2/h8-9H,4-7H2,1-3H3;7H,3-6H2,1-2H3;1-2H3. The minimum absolute atomic E-state index is 0.0329. The minimum atomic E-state index is -2.40. The number of rotatable bonds is 2. The highest BCUT2D eigenvalue weighted by Crippen LogP contribution is 2.28. The molecule has 2 aliphatic rings. The summed E-state index contributed by atoms with van der Waals surface area (Å²) in [6.45, 7) is 18.8. The average molecular weight is 335 g/mol. The molecule has 0 unspecified atom stereocenters. The summed E-state index contributed by atoms with van der Waals surface area (Å²) in [5, 5.41) is 0. The smallest absolute Gasteiger partial charge is 0.250 e. The van der Waals surface area contributed by atoms with Crippen LogP contribution in [0.5, 0.6) is 0 Å². The lowest BCUT2D eigenvalue weighted by Crippen LogP contribution is -2.42. The number of nitrogens with zero attached hydrogens (tertiary/aromatic N) is 2. The van der Waals surface area contributed by atoms with E-state index in [0.717, 1.165) is 12.0 Å². The zero-order valence-electron chi connectivity index (χ0n) is 16.5. The highest BCUT2D eigenvalue weighted by Gasteiger charge is 2.34. The first-order valence-corrected chi connectivity index (χ1v) is 9.57. The molecule has 2 rings (SSSR count). The van der Waals surface area contributed by atoms with Crippen LogP contribution in [0.2, 0.25) is 0 Å². The zero-order chi connectivity index (χ0) is 18.0. The largest absolute Gasteiger partial charge is 0.301 e. The molecule has 4 heteroatoms. The normalized spacial score (nSPS) is 23.1. The van der Waals surface area contributed by atoms with Crippen LogP contribution >= 0.6 is 0 Å². The van der Waals surface area contributed by atoms with Gasteiger partial charge < -0.3 is 9.80 Å². The van der Waals surface area contributed by atoms with E-state index < -0.39 is 5.92 Å². The van der Waals surface area contributed by atoms with Crippen LogP contribution in [0.25, 0.3) is 0 Å². The Morgan fingerprint density at radius 2 is 1.13 bits per heavy atom. The van der Waals surface area contributed by atoms with Gasteiger partial charge in [0.15, 0.2) is 0 Å². The minimum Gasteiger partial charge on any atom is -0.301 e. The molecule has 0 radical (unpaired) electrons. The average Bonchev–Trinajstić information content (AvgIpc) is 2.50.